The monoisotopic (exact) mass is 251 g/mol. The SMILES string of the molecule is C=C(C)C1(C)CN1S(=O)(=O)c1ccc(C)cc1. The first-order valence-electron chi connectivity index (χ1n) is 5.54. The van der Waals surface area contributed by atoms with Gasteiger partial charge in [0.15, 0.2) is 0 Å². The molecular formula is C13H17NO2S. The van der Waals surface area contributed by atoms with Crippen molar-refractivity contribution in [3.05, 3.63) is 42.0 Å². The molecule has 3 nitrogen and oxygen atoms in total. The number of hydrogen-bond acceptors (Lipinski definition) is 2. The fourth-order valence-corrected chi connectivity index (χ4v) is 3.62. The number of benzene rings is 1. The molecule has 1 aliphatic heterocycles. The molecule has 0 aliphatic carbocycles. The first kappa shape index (κ1) is 12.3. The highest BCUT2D eigenvalue weighted by atomic mass is 32.2. The van der Waals surface area contributed by atoms with Crippen molar-refractivity contribution in [2.45, 2.75) is 31.2 Å². The van der Waals surface area contributed by atoms with Gasteiger partial charge >= 0.3 is 0 Å². The van der Waals surface area contributed by atoms with E-state index in [1.54, 1.807) is 12.1 Å². The van der Waals surface area contributed by atoms with Crippen LogP contribution in [0.1, 0.15) is 19.4 Å². The van der Waals surface area contributed by atoms with Crippen molar-refractivity contribution >= 4 is 10.0 Å². The van der Waals surface area contributed by atoms with E-state index >= 15 is 0 Å². The van der Waals surface area contributed by atoms with Crippen LogP contribution in [0.4, 0.5) is 0 Å². The summed E-state index contributed by atoms with van der Waals surface area (Å²) in [5.41, 5.74) is 1.54. The second-order valence-electron chi connectivity index (χ2n) is 4.88. The molecule has 0 amide bonds. The summed E-state index contributed by atoms with van der Waals surface area (Å²) < 4.78 is 26.1. The Hall–Kier alpha value is -1.13. The summed E-state index contributed by atoms with van der Waals surface area (Å²) in [6.07, 6.45) is 0. The van der Waals surface area contributed by atoms with Crippen LogP contribution in [0.3, 0.4) is 0 Å². The number of hydrogen-bond donors (Lipinski definition) is 0. The predicted molar refractivity (Wildman–Crippen MR) is 68.3 cm³/mol. The third kappa shape index (κ3) is 1.91. The van der Waals surface area contributed by atoms with Gasteiger partial charge < -0.3 is 0 Å². The van der Waals surface area contributed by atoms with Crippen molar-refractivity contribution in [1.82, 2.24) is 4.31 Å². The first-order chi connectivity index (χ1) is 7.78. The van der Waals surface area contributed by atoms with E-state index < -0.39 is 15.6 Å². The third-order valence-corrected chi connectivity index (χ3v) is 5.41. The molecule has 2 unspecified atom stereocenters. The fourth-order valence-electron chi connectivity index (χ4n) is 1.78. The first-order valence-corrected chi connectivity index (χ1v) is 6.98. The van der Waals surface area contributed by atoms with Crippen LogP contribution in [0.25, 0.3) is 0 Å². The highest BCUT2D eigenvalue weighted by Gasteiger charge is 2.55. The van der Waals surface area contributed by atoms with Gasteiger partial charge in [0.2, 0.25) is 10.0 Å². The Morgan fingerprint density at radius 3 is 2.29 bits per heavy atom. The van der Waals surface area contributed by atoms with E-state index in [9.17, 15) is 8.42 Å². The van der Waals surface area contributed by atoms with E-state index in [0.717, 1.165) is 11.1 Å². The molecule has 1 aromatic rings. The van der Waals surface area contributed by atoms with Gasteiger partial charge in [-0.25, -0.2) is 8.42 Å². The second-order valence-corrected chi connectivity index (χ2v) is 6.74. The molecule has 1 aliphatic rings. The topological polar surface area (TPSA) is 37.1 Å². The molecule has 0 aromatic heterocycles. The fraction of sp³-hybridized carbons (Fsp3) is 0.385. The van der Waals surface area contributed by atoms with Crippen molar-refractivity contribution in [3.8, 4) is 0 Å². The minimum atomic E-state index is -3.36. The average molecular weight is 251 g/mol. The number of rotatable bonds is 3. The zero-order valence-electron chi connectivity index (χ0n) is 10.4. The van der Waals surface area contributed by atoms with Gasteiger partial charge in [0, 0.05) is 6.54 Å². The highest BCUT2D eigenvalue weighted by Crippen LogP contribution is 2.42. The molecule has 1 saturated heterocycles. The molecule has 0 saturated carbocycles. The molecule has 1 fully saturated rings. The predicted octanol–water partition coefficient (Wildman–Crippen LogP) is 2.33. The van der Waals surface area contributed by atoms with Crippen molar-refractivity contribution in [2.24, 2.45) is 0 Å². The molecule has 1 heterocycles. The Morgan fingerprint density at radius 1 is 1.35 bits per heavy atom. The molecule has 0 radical (unpaired) electrons. The van der Waals surface area contributed by atoms with Crippen LogP contribution < -0.4 is 0 Å². The number of sulfonamides is 1. The maximum absolute atomic E-state index is 12.3. The molecular weight excluding hydrogens is 234 g/mol. The molecule has 0 bridgehead atoms. The van der Waals surface area contributed by atoms with Crippen molar-refractivity contribution in [1.29, 1.82) is 0 Å². The molecule has 2 rings (SSSR count). The normalized spacial score (nSPS) is 27.8. The van der Waals surface area contributed by atoms with Gasteiger partial charge in [0.1, 0.15) is 0 Å². The third-order valence-electron chi connectivity index (χ3n) is 3.43. The molecule has 2 atom stereocenters. The smallest absolute Gasteiger partial charge is 0.207 e. The lowest BCUT2D eigenvalue weighted by atomic mass is 10.1. The lowest BCUT2D eigenvalue weighted by molar-refractivity contribution is 0.536. The zero-order chi connectivity index (χ0) is 12.8. The van der Waals surface area contributed by atoms with E-state index in [1.165, 1.54) is 4.31 Å². The van der Waals surface area contributed by atoms with Crippen LogP contribution in [0.15, 0.2) is 41.3 Å². The maximum atomic E-state index is 12.3. The number of aryl methyl sites for hydroxylation is 1. The van der Waals surface area contributed by atoms with Crippen LogP contribution in [0, 0.1) is 6.92 Å². The summed E-state index contributed by atoms with van der Waals surface area (Å²) in [6.45, 7) is 10.1. The summed E-state index contributed by atoms with van der Waals surface area (Å²) in [4.78, 5) is 0.355. The Morgan fingerprint density at radius 2 is 1.88 bits per heavy atom. The van der Waals surface area contributed by atoms with E-state index in [1.807, 2.05) is 32.9 Å². The minimum absolute atomic E-state index is 0.355. The Bertz CT molecular complexity index is 560. The summed E-state index contributed by atoms with van der Waals surface area (Å²) in [5, 5.41) is 0. The highest BCUT2D eigenvalue weighted by molar-refractivity contribution is 7.89. The van der Waals surface area contributed by atoms with E-state index in [2.05, 4.69) is 6.58 Å². The molecule has 92 valence electrons. The molecule has 0 spiro atoms. The minimum Gasteiger partial charge on any atom is -0.207 e. The molecule has 0 N–H and O–H groups in total. The Balaban J connectivity index is 2.34. The number of nitrogens with zero attached hydrogens (tertiary/aromatic N) is 1. The quantitative estimate of drug-likeness (QED) is 0.611. The molecule has 17 heavy (non-hydrogen) atoms. The lowest BCUT2D eigenvalue weighted by Gasteiger charge is -2.12. The van der Waals surface area contributed by atoms with E-state index in [0.29, 0.717) is 11.4 Å². The average Bonchev–Trinajstić information content (AvgIpc) is 2.94. The van der Waals surface area contributed by atoms with Gasteiger partial charge in [-0.1, -0.05) is 29.8 Å². The van der Waals surface area contributed by atoms with Crippen LogP contribution in [-0.2, 0) is 10.0 Å². The van der Waals surface area contributed by atoms with Crippen LogP contribution in [0.2, 0.25) is 0 Å². The van der Waals surface area contributed by atoms with Gasteiger partial charge in [-0.15, -0.1) is 0 Å². The largest absolute Gasteiger partial charge is 0.243 e. The van der Waals surface area contributed by atoms with Gasteiger partial charge in [0.05, 0.1) is 10.4 Å². The second kappa shape index (κ2) is 3.68. The summed E-state index contributed by atoms with van der Waals surface area (Å²) in [5.74, 6) is 0. The molecule has 1 aromatic carbocycles. The van der Waals surface area contributed by atoms with Crippen molar-refractivity contribution < 1.29 is 8.42 Å². The van der Waals surface area contributed by atoms with Crippen molar-refractivity contribution in [3.63, 3.8) is 0 Å². The van der Waals surface area contributed by atoms with Gasteiger partial charge in [-0.3, -0.25) is 0 Å². The van der Waals surface area contributed by atoms with Gasteiger partial charge in [0.25, 0.3) is 0 Å². The Labute approximate surface area is 103 Å². The lowest BCUT2D eigenvalue weighted by Crippen LogP contribution is -2.21. The Kier molecular flexibility index (Phi) is 2.67. The van der Waals surface area contributed by atoms with E-state index in [-0.39, 0.29) is 0 Å². The summed E-state index contributed by atoms with van der Waals surface area (Å²) in [6, 6.07) is 6.94. The van der Waals surface area contributed by atoms with Crippen molar-refractivity contribution in [2.75, 3.05) is 6.54 Å². The summed E-state index contributed by atoms with van der Waals surface area (Å²) >= 11 is 0. The van der Waals surface area contributed by atoms with Crippen LogP contribution >= 0.6 is 0 Å². The van der Waals surface area contributed by atoms with Crippen LogP contribution in [-0.4, -0.2) is 24.8 Å². The maximum Gasteiger partial charge on any atom is 0.243 e. The summed E-state index contributed by atoms with van der Waals surface area (Å²) in [7, 11) is -3.36. The standard InChI is InChI=1S/C13H17NO2S/c1-10(2)13(4)9-14(13)17(15,16)12-7-5-11(3)6-8-12/h5-8H,1,9H2,2-4H3. The van der Waals surface area contributed by atoms with Gasteiger partial charge in [-0.2, -0.15) is 4.31 Å². The molecule has 4 heteroatoms. The van der Waals surface area contributed by atoms with Gasteiger partial charge in [-0.05, 0) is 32.9 Å². The van der Waals surface area contributed by atoms with E-state index in [4.69, 9.17) is 0 Å². The van der Waals surface area contributed by atoms with Crippen LogP contribution in [0.5, 0.6) is 0 Å². The zero-order valence-corrected chi connectivity index (χ0v) is 11.2.